The number of carbonyl (C=O) groups excluding carboxylic acids is 2. The van der Waals surface area contributed by atoms with Crippen molar-refractivity contribution in [2.75, 3.05) is 30.3 Å². The van der Waals surface area contributed by atoms with E-state index in [2.05, 4.69) is 31.2 Å². The van der Waals surface area contributed by atoms with Crippen molar-refractivity contribution in [2.45, 2.75) is 32.6 Å². The highest BCUT2D eigenvalue weighted by atomic mass is 127. The van der Waals surface area contributed by atoms with Gasteiger partial charge in [0.15, 0.2) is 5.96 Å². The molecule has 0 radical (unpaired) electrons. The summed E-state index contributed by atoms with van der Waals surface area (Å²) >= 11 is 0. The summed E-state index contributed by atoms with van der Waals surface area (Å²) in [5.74, 6) is 1.10. The van der Waals surface area contributed by atoms with E-state index < -0.39 is 0 Å². The number of para-hydroxylation sites is 1. The zero-order valence-corrected chi connectivity index (χ0v) is 20.1. The number of halogens is 1. The summed E-state index contributed by atoms with van der Waals surface area (Å²) in [6, 6.07) is 13.3. The number of rotatable bonds is 7. The molecular weight excluding hydrogens is 507 g/mol. The van der Waals surface area contributed by atoms with E-state index in [9.17, 15) is 9.59 Å². The predicted octanol–water partition coefficient (Wildman–Crippen LogP) is 3.02. The van der Waals surface area contributed by atoms with Crippen molar-refractivity contribution in [1.82, 2.24) is 15.6 Å². The Bertz CT molecular complexity index is 934. The number of carbonyl (C=O) groups is 2. The average Bonchev–Trinajstić information content (AvgIpc) is 2.71. The van der Waals surface area contributed by atoms with Gasteiger partial charge in [-0.1, -0.05) is 24.3 Å². The van der Waals surface area contributed by atoms with Gasteiger partial charge in [0.1, 0.15) is 5.82 Å². The van der Waals surface area contributed by atoms with Gasteiger partial charge in [0.2, 0.25) is 11.8 Å². The maximum absolute atomic E-state index is 12.1. The largest absolute Gasteiger partial charge is 0.357 e. The Hall–Kier alpha value is -2.69. The molecule has 8 nitrogen and oxygen atoms in total. The van der Waals surface area contributed by atoms with Gasteiger partial charge in [0.05, 0.1) is 6.54 Å². The van der Waals surface area contributed by atoms with E-state index in [1.165, 1.54) is 0 Å². The first-order valence-corrected chi connectivity index (χ1v) is 10.2. The third-order valence-corrected chi connectivity index (χ3v) is 4.72. The van der Waals surface area contributed by atoms with Gasteiger partial charge in [-0.2, -0.15) is 0 Å². The van der Waals surface area contributed by atoms with Gasteiger partial charge in [-0.25, -0.2) is 4.98 Å². The number of pyridine rings is 1. The molecule has 9 heteroatoms. The Balaban J connectivity index is 0.00000341. The lowest BCUT2D eigenvalue weighted by Gasteiger charge is -2.24. The number of hydrogen-bond acceptors (Lipinski definition) is 4. The molecule has 1 aromatic heterocycles. The minimum absolute atomic E-state index is 0. The molecule has 2 aromatic rings. The fraction of sp³-hybridized carbons (Fsp3) is 0.364. The molecule has 0 bridgehead atoms. The summed E-state index contributed by atoms with van der Waals surface area (Å²) in [6.45, 7) is 5.48. The quantitative estimate of drug-likeness (QED) is 0.247. The van der Waals surface area contributed by atoms with Gasteiger partial charge in [0, 0.05) is 43.2 Å². The smallest absolute Gasteiger partial charge is 0.227 e. The van der Waals surface area contributed by atoms with Crippen molar-refractivity contribution in [3.05, 3.63) is 53.7 Å². The van der Waals surface area contributed by atoms with Crippen LogP contribution in [-0.2, 0) is 9.59 Å². The van der Waals surface area contributed by atoms with Crippen LogP contribution in [0.1, 0.15) is 36.9 Å². The molecule has 2 heterocycles. The van der Waals surface area contributed by atoms with E-state index in [-0.39, 0.29) is 48.1 Å². The number of hydrogen-bond donors (Lipinski definition) is 4. The van der Waals surface area contributed by atoms with Crippen molar-refractivity contribution < 1.29 is 9.59 Å². The van der Waals surface area contributed by atoms with Crippen LogP contribution in [0.2, 0.25) is 0 Å². The van der Waals surface area contributed by atoms with Crippen LogP contribution in [0, 0.1) is 6.92 Å². The number of aryl methyl sites for hydroxylation is 1. The highest BCUT2D eigenvalue weighted by molar-refractivity contribution is 14.0. The molecule has 0 saturated heterocycles. The van der Waals surface area contributed by atoms with Crippen LogP contribution in [0.5, 0.6) is 0 Å². The predicted molar refractivity (Wildman–Crippen MR) is 134 cm³/mol. The van der Waals surface area contributed by atoms with Crippen molar-refractivity contribution >= 4 is 53.3 Å². The topological polar surface area (TPSA) is 108 Å². The lowest BCUT2D eigenvalue weighted by atomic mass is 9.91. The number of nitrogens with zero attached hydrogens (tertiary/aromatic N) is 2. The second-order valence-corrected chi connectivity index (χ2v) is 7.15. The minimum atomic E-state index is -0.116. The summed E-state index contributed by atoms with van der Waals surface area (Å²) in [5, 5.41) is 12.1. The molecule has 3 rings (SSSR count). The van der Waals surface area contributed by atoms with Crippen molar-refractivity contribution in [1.29, 1.82) is 0 Å². The van der Waals surface area contributed by atoms with Gasteiger partial charge in [-0.05, 0) is 37.6 Å². The first kappa shape index (κ1) is 24.6. The summed E-state index contributed by atoms with van der Waals surface area (Å²) in [5.41, 5.74) is 2.81. The lowest BCUT2D eigenvalue weighted by molar-refractivity contribution is -0.117. The van der Waals surface area contributed by atoms with E-state index >= 15 is 0 Å². The molecule has 1 atom stereocenters. The second-order valence-electron chi connectivity index (χ2n) is 7.15. The highest BCUT2D eigenvalue weighted by Crippen LogP contribution is 2.31. The van der Waals surface area contributed by atoms with Crippen molar-refractivity contribution in [3.63, 3.8) is 0 Å². The molecule has 2 amide bonds. The van der Waals surface area contributed by atoms with Gasteiger partial charge in [0.25, 0.3) is 0 Å². The SMILES string of the molecule is CCNC(=NCC1CC(=O)Nc2ccccc21)NCCC(=O)Nc1cccc(C)n1.I. The first-order valence-electron chi connectivity index (χ1n) is 10.2. The molecule has 0 fully saturated rings. The summed E-state index contributed by atoms with van der Waals surface area (Å²) in [6.07, 6.45) is 0.695. The van der Waals surface area contributed by atoms with Crippen LogP contribution in [0.25, 0.3) is 0 Å². The molecule has 166 valence electrons. The maximum atomic E-state index is 12.1. The molecule has 1 aromatic carbocycles. The standard InChI is InChI=1S/C22H28N6O2.HI/c1-3-23-22(24-12-11-20(29)28-19-10-6-7-15(2)26-19)25-14-16-13-21(30)27-18-9-5-4-8-17(16)18;/h4-10,16H,3,11-14H2,1-2H3,(H,27,30)(H2,23,24,25)(H,26,28,29);1H. The van der Waals surface area contributed by atoms with E-state index in [0.29, 0.717) is 37.8 Å². The van der Waals surface area contributed by atoms with Crippen LogP contribution >= 0.6 is 24.0 Å². The van der Waals surface area contributed by atoms with E-state index in [4.69, 9.17) is 0 Å². The number of fused-ring (bicyclic) bond motifs is 1. The van der Waals surface area contributed by atoms with E-state index in [1.54, 1.807) is 6.07 Å². The maximum Gasteiger partial charge on any atom is 0.227 e. The molecule has 1 aliphatic heterocycles. The van der Waals surface area contributed by atoms with E-state index in [1.807, 2.05) is 50.2 Å². The Labute approximate surface area is 199 Å². The van der Waals surface area contributed by atoms with Gasteiger partial charge in [-0.15, -0.1) is 24.0 Å². The number of amides is 2. The second kappa shape index (κ2) is 12.2. The Morgan fingerprint density at radius 2 is 2.00 bits per heavy atom. The summed E-state index contributed by atoms with van der Waals surface area (Å²) in [7, 11) is 0. The van der Waals surface area contributed by atoms with Crippen LogP contribution in [0.3, 0.4) is 0 Å². The fourth-order valence-electron chi connectivity index (χ4n) is 3.32. The number of nitrogens with one attached hydrogen (secondary N) is 4. The summed E-state index contributed by atoms with van der Waals surface area (Å²) < 4.78 is 0. The van der Waals surface area contributed by atoms with Crippen LogP contribution in [-0.4, -0.2) is 42.4 Å². The minimum Gasteiger partial charge on any atom is -0.357 e. The van der Waals surface area contributed by atoms with Crippen molar-refractivity contribution in [3.8, 4) is 0 Å². The lowest BCUT2D eigenvalue weighted by Crippen LogP contribution is -2.39. The Kier molecular flexibility index (Phi) is 9.70. The normalized spacial score (nSPS) is 15.2. The van der Waals surface area contributed by atoms with Gasteiger partial charge in [-0.3, -0.25) is 14.6 Å². The summed E-state index contributed by atoms with van der Waals surface area (Å²) in [4.78, 5) is 33.0. The molecule has 1 aliphatic rings. The molecular formula is C22H29IN6O2. The molecule has 1 unspecified atom stereocenters. The first-order chi connectivity index (χ1) is 14.5. The van der Waals surface area contributed by atoms with Gasteiger partial charge >= 0.3 is 0 Å². The Morgan fingerprint density at radius 3 is 2.77 bits per heavy atom. The molecule has 31 heavy (non-hydrogen) atoms. The van der Waals surface area contributed by atoms with Crippen LogP contribution < -0.4 is 21.3 Å². The number of aromatic nitrogens is 1. The van der Waals surface area contributed by atoms with Crippen molar-refractivity contribution in [2.24, 2.45) is 4.99 Å². The van der Waals surface area contributed by atoms with Crippen LogP contribution in [0.15, 0.2) is 47.5 Å². The third kappa shape index (κ3) is 7.50. The molecule has 0 aliphatic carbocycles. The highest BCUT2D eigenvalue weighted by Gasteiger charge is 2.24. The molecule has 4 N–H and O–H groups in total. The third-order valence-electron chi connectivity index (χ3n) is 4.72. The monoisotopic (exact) mass is 536 g/mol. The number of guanidine groups is 1. The van der Waals surface area contributed by atoms with Crippen LogP contribution in [0.4, 0.5) is 11.5 Å². The number of benzene rings is 1. The zero-order chi connectivity index (χ0) is 21.3. The number of aliphatic imine (C=N–C) groups is 1. The fourth-order valence-corrected chi connectivity index (χ4v) is 3.32. The number of anilines is 2. The van der Waals surface area contributed by atoms with Gasteiger partial charge < -0.3 is 21.3 Å². The van der Waals surface area contributed by atoms with E-state index in [0.717, 1.165) is 16.9 Å². The molecule has 0 spiro atoms. The average molecular weight is 536 g/mol. The Morgan fingerprint density at radius 1 is 1.19 bits per heavy atom. The molecule has 0 saturated carbocycles. The zero-order valence-electron chi connectivity index (χ0n) is 17.8.